The zero-order valence-electron chi connectivity index (χ0n) is 11.6. The van der Waals surface area contributed by atoms with Crippen molar-refractivity contribution >= 4 is 27.2 Å². The molecule has 0 saturated carbocycles. The third kappa shape index (κ3) is 2.70. The Balaban J connectivity index is 1.87. The number of rotatable bonds is 4. The number of anilines is 1. The van der Waals surface area contributed by atoms with Crippen molar-refractivity contribution in [1.29, 1.82) is 0 Å². The zero-order valence-corrected chi connectivity index (χ0v) is 12.4. The molecule has 4 nitrogen and oxygen atoms in total. The fourth-order valence-electron chi connectivity index (χ4n) is 2.31. The normalized spacial score (nSPS) is 12.5. The molecule has 0 aliphatic carbocycles. The number of thiazole rings is 1. The molecule has 108 valence electrons. The Morgan fingerprint density at radius 1 is 1.24 bits per heavy atom. The summed E-state index contributed by atoms with van der Waals surface area (Å²) < 4.78 is 6.31. The second kappa shape index (κ2) is 5.71. The predicted octanol–water partition coefficient (Wildman–Crippen LogP) is 3.16. The van der Waals surface area contributed by atoms with Crippen molar-refractivity contribution in [1.82, 2.24) is 4.98 Å². The summed E-state index contributed by atoms with van der Waals surface area (Å²) in [7, 11) is 1.56. The molecule has 21 heavy (non-hydrogen) atoms. The van der Waals surface area contributed by atoms with Gasteiger partial charge in [-0.3, -0.25) is 0 Å². The largest absolute Gasteiger partial charge is 0.495 e. The first-order chi connectivity index (χ1) is 10.2. The van der Waals surface area contributed by atoms with Gasteiger partial charge in [-0.1, -0.05) is 24.3 Å². The van der Waals surface area contributed by atoms with Crippen molar-refractivity contribution in [3.8, 4) is 5.75 Å². The lowest BCUT2D eigenvalue weighted by Gasteiger charge is -2.14. The number of ether oxygens (including phenoxy) is 1. The van der Waals surface area contributed by atoms with E-state index in [0.29, 0.717) is 23.4 Å². The second-order valence-electron chi connectivity index (χ2n) is 4.76. The maximum atomic E-state index is 10.4. The highest BCUT2D eigenvalue weighted by molar-refractivity contribution is 7.18. The first-order valence-electron chi connectivity index (χ1n) is 6.64. The van der Waals surface area contributed by atoms with Gasteiger partial charge in [0.15, 0.2) is 0 Å². The molecule has 5 heteroatoms. The summed E-state index contributed by atoms with van der Waals surface area (Å²) in [6.07, 6.45) is -0.253. The highest BCUT2D eigenvalue weighted by Gasteiger charge is 2.16. The Morgan fingerprint density at radius 3 is 2.81 bits per heavy atom. The van der Waals surface area contributed by atoms with Crippen LogP contribution in [-0.4, -0.2) is 17.2 Å². The molecule has 3 N–H and O–H groups in total. The van der Waals surface area contributed by atoms with Crippen molar-refractivity contribution in [2.24, 2.45) is 0 Å². The van der Waals surface area contributed by atoms with Crippen LogP contribution in [0.3, 0.4) is 0 Å². The van der Waals surface area contributed by atoms with E-state index in [1.54, 1.807) is 24.5 Å². The number of aromatic nitrogens is 1. The molecule has 0 radical (unpaired) electrons. The first kappa shape index (κ1) is 13.9. The van der Waals surface area contributed by atoms with E-state index in [0.717, 1.165) is 15.2 Å². The van der Waals surface area contributed by atoms with Gasteiger partial charge in [0.1, 0.15) is 5.75 Å². The van der Waals surface area contributed by atoms with Gasteiger partial charge in [0.25, 0.3) is 0 Å². The minimum Gasteiger partial charge on any atom is -0.495 e. The molecule has 3 rings (SSSR count). The van der Waals surface area contributed by atoms with Crippen LogP contribution in [-0.2, 0) is 6.42 Å². The van der Waals surface area contributed by atoms with Crippen LogP contribution in [0.25, 0.3) is 10.2 Å². The molecule has 1 aromatic heterocycles. The number of methoxy groups -OCH3 is 1. The predicted molar refractivity (Wildman–Crippen MR) is 85.7 cm³/mol. The SMILES string of the molecule is COc1cccc(C(O)Cc2nc3ccccc3s2)c1N. The highest BCUT2D eigenvalue weighted by Crippen LogP contribution is 2.32. The average Bonchev–Trinajstić information content (AvgIpc) is 2.89. The monoisotopic (exact) mass is 300 g/mol. The van der Waals surface area contributed by atoms with E-state index < -0.39 is 6.10 Å². The minimum absolute atomic E-state index is 0.441. The molecule has 0 aliphatic heterocycles. The van der Waals surface area contributed by atoms with Crippen LogP contribution in [0.2, 0.25) is 0 Å². The van der Waals surface area contributed by atoms with Gasteiger partial charge in [-0.15, -0.1) is 11.3 Å². The Kier molecular flexibility index (Phi) is 3.77. The molecule has 0 spiro atoms. The number of aliphatic hydroxyl groups excluding tert-OH is 1. The van der Waals surface area contributed by atoms with Crippen molar-refractivity contribution in [3.05, 3.63) is 53.0 Å². The molecular formula is C16H16N2O2S. The third-order valence-electron chi connectivity index (χ3n) is 3.38. The van der Waals surface area contributed by atoms with Crippen LogP contribution >= 0.6 is 11.3 Å². The molecular weight excluding hydrogens is 284 g/mol. The molecule has 0 bridgehead atoms. The van der Waals surface area contributed by atoms with Crippen LogP contribution < -0.4 is 10.5 Å². The third-order valence-corrected chi connectivity index (χ3v) is 4.44. The number of nitrogens with zero attached hydrogens (tertiary/aromatic N) is 1. The van der Waals surface area contributed by atoms with Gasteiger partial charge in [-0.25, -0.2) is 4.98 Å². The van der Waals surface area contributed by atoms with Crippen LogP contribution in [0.15, 0.2) is 42.5 Å². The molecule has 1 atom stereocenters. The summed E-state index contributed by atoms with van der Waals surface area (Å²) in [5.41, 5.74) is 8.14. The lowest BCUT2D eigenvalue weighted by atomic mass is 10.0. The van der Waals surface area contributed by atoms with Gasteiger partial charge in [0.2, 0.25) is 0 Å². The Labute approximate surface area is 126 Å². The van der Waals surface area contributed by atoms with Crippen LogP contribution in [0.1, 0.15) is 16.7 Å². The van der Waals surface area contributed by atoms with Crippen molar-refractivity contribution in [3.63, 3.8) is 0 Å². The smallest absolute Gasteiger partial charge is 0.142 e. The van der Waals surface area contributed by atoms with Gasteiger partial charge in [-0.2, -0.15) is 0 Å². The second-order valence-corrected chi connectivity index (χ2v) is 5.87. The molecule has 2 aromatic carbocycles. The Hall–Kier alpha value is -2.11. The van der Waals surface area contributed by atoms with Gasteiger partial charge in [0, 0.05) is 12.0 Å². The van der Waals surface area contributed by atoms with Gasteiger partial charge in [-0.05, 0) is 18.2 Å². The molecule has 0 amide bonds. The standard InChI is InChI=1S/C16H16N2O2S/c1-20-13-7-4-5-10(16(13)17)12(19)9-15-18-11-6-2-3-8-14(11)21-15/h2-8,12,19H,9,17H2,1H3. The summed E-state index contributed by atoms with van der Waals surface area (Å²) in [6, 6.07) is 13.4. The number of nitrogen functional groups attached to an aromatic ring is 1. The first-order valence-corrected chi connectivity index (χ1v) is 7.45. The number of hydrogen-bond acceptors (Lipinski definition) is 5. The highest BCUT2D eigenvalue weighted by atomic mass is 32.1. The van der Waals surface area contributed by atoms with E-state index in [1.165, 1.54) is 0 Å². The summed E-state index contributed by atoms with van der Waals surface area (Å²) in [5.74, 6) is 0.579. The van der Waals surface area contributed by atoms with Crippen molar-refractivity contribution in [2.75, 3.05) is 12.8 Å². The Morgan fingerprint density at radius 2 is 2.05 bits per heavy atom. The topological polar surface area (TPSA) is 68.4 Å². The number of fused-ring (bicyclic) bond motifs is 1. The lowest BCUT2D eigenvalue weighted by Crippen LogP contribution is -2.06. The summed E-state index contributed by atoms with van der Waals surface area (Å²) in [6.45, 7) is 0. The molecule has 0 fully saturated rings. The maximum absolute atomic E-state index is 10.4. The molecule has 0 aliphatic rings. The van der Waals surface area contributed by atoms with Gasteiger partial charge >= 0.3 is 0 Å². The number of para-hydroxylation sites is 2. The van der Waals surface area contributed by atoms with E-state index >= 15 is 0 Å². The van der Waals surface area contributed by atoms with E-state index in [2.05, 4.69) is 4.98 Å². The van der Waals surface area contributed by atoms with Gasteiger partial charge < -0.3 is 15.6 Å². The van der Waals surface area contributed by atoms with Crippen LogP contribution in [0.5, 0.6) is 5.75 Å². The number of aliphatic hydroxyl groups is 1. The molecule has 3 aromatic rings. The summed E-state index contributed by atoms with van der Waals surface area (Å²) >= 11 is 1.59. The van der Waals surface area contributed by atoms with Crippen molar-refractivity contribution in [2.45, 2.75) is 12.5 Å². The molecule has 1 heterocycles. The van der Waals surface area contributed by atoms with Crippen molar-refractivity contribution < 1.29 is 9.84 Å². The fourth-order valence-corrected chi connectivity index (χ4v) is 3.32. The quantitative estimate of drug-likeness (QED) is 0.726. The maximum Gasteiger partial charge on any atom is 0.142 e. The minimum atomic E-state index is -0.694. The van der Waals surface area contributed by atoms with E-state index in [1.807, 2.05) is 36.4 Å². The fraction of sp³-hybridized carbons (Fsp3) is 0.188. The van der Waals surface area contributed by atoms with Crippen LogP contribution in [0.4, 0.5) is 5.69 Å². The lowest BCUT2D eigenvalue weighted by molar-refractivity contribution is 0.179. The number of nitrogens with two attached hydrogens (primary N) is 1. The Bertz CT molecular complexity index is 737. The van der Waals surface area contributed by atoms with Gasteiger partial charge in [0.05, 0.1) is 34.1 Å². The number of benzene rings is 2. The van der Waals surface area contributed by atoms with E-state index in [-0.39, 0.29) is 0 Å². The summed E-state index contributed by atoms with van der Waals surface area (Å²) in [4.78, 5) is 4.54. The average molecular weight is 300 g/mol. The van der Waals surface area contributed by atoms with E-state index in [4.69, 9.17) is 10.5 Å². The summed E-state index contributed by atoms with van der Waals surface area (Å²) in [5, 5.41) is 11.3. The van der Waals surface area contributed by atoms with E-state index in [9.17, 15) is 5.11 Å². The number of hydrogen-bond donors (Lipinski definition) is 2. The zero-order chi connectivity index (χ0) is 14.8. The molecule has 0 saturated heterocycles. The van der Waals surface area contributed by atoms with Crippen LogP contribution in [0, 0.1) is 0 Å². The molecule has 1 unspecified atom stereocenters.